The molecule has 32 heavy (non-hydrogen) atoms. The highest BCUT2D eigenvalue weighted by molar-refractivity contribution is 5.75. The lowest BCUT2D eigenvalue weighted by atomic mass is 10.1. The number of ether oxygens (including phenoxy) is 2. The van der Waals surface area contributed by atoms with E-state index in [4.69, 9.17) is 9.47 Å². The zero-order valence-electron chi connectivity index (χ0n) is 19.5. The van der Waals surface area contributed by atoms with E-state index >= 15 is 0 Å². The van der Waals surface area contributed by atoms with Crippen molar-refractivity contribution in [2.75, 3.05) is 6.54 Å². The number of allylic oxidation sites excluding steroid dienone is 1. The zero-order valence-corrected chi connectivity index (χ0v) is 19.5. The maximum atomic E-state index is 12.2. The molecule has 2 rings (SSSR count). The minimum atomic E-state index is -0.452. The number of hydrogen-bond donors (Lipinski definition) is 1. The maximum Gasteiger partial charge on any atom is 0.306 e. The fraction of sp³-hybridized carbons (Fsp3) is 0.500. The number of hydrogen-bond acceptors (Lipinski definition) is 6. The lowest BCUT2D eigenvalue weighted by Crippen LogP contribution is -2.29. The highest BCUT2D eigenvalue weighted by Gasteiger charge is 2.15. The Morgan fingerprint density at radius 2 is 1.88 bits per heavy atom. The third-order valence-corrected chi connectivity index (χ3v) is 4.37. The van der Waals surface area contributed by atoms with Crippen molar-refractivity contribution in [1.29, 1.82) is 0 Å². The van der Waals surface area contributed by atoms with Gasteiger partial charge in [-0.25, -0.2) is 4.68 Å². The molecule has 8 nitrogen and oxygen atoms in total. The van der Waals surface area contributed by atoms with Crippen molar-refractivity contribution in [2.45, 2.75) is 71.9 Å². The summed E-state index contributed by atoms with van der Waals surface area (Å²) < 4.78 is 12.2. The first kappa shape index (κ1) is 25.1. The van der Waals surface area contributed by atoms with Gasteiger partial charge in [-0.15, -0.1) is 5.10 Å². The highest BCUT2D eigenvalue weighted by atomic mass is 16.6. The molecule has 1 amide bonds. The summed E-state index contributed by atoms with van der Waals surface area (Å²) >= 11 is 0. The highest BCUT2D eigenvalue weighted by Crippen LogP contribution is 2.13. The van der Waals surface area contributed by atoms with Crippen LogP contribution in [0, 0.1) is 0 Å². The number of nitrogens with zero attached hydrogens (tertiary/aromatic N) is 3. The Labute approximate surface area is 190 Å². The summed E-state index contributed by atoms with van der Waals surface area (Å²) in [5, 5.41) is 11.0. The smallest absolute Gasteiger partial charge is 0.306 e. The molecule has 1 aromatic carbocycles. The van der Waals surface area contributed by atoms with Gasteiger partial charge in [0.05, 0.1) is 12.0 Å². The summed E-state index contributed by atoms with van der Waals surface area (Å²) in [6, 6.07) is 7.78. The molecule has 0 unspecified atom stereocenters. The Morgan fingerprint density at radius 3 is 2.56 bits per heavy atom. The standard InChI is InChI=1S/C24H34N4O4/c1-5-16-31-21-12-10-19(11-13-21)14-15-25-22(29)18-28-17-20(26-27-28)8-6-7-9-23(30)32-24(2,3)4/h5,10-13,16-17H,6-9,14-15,18H2,1-4H3,(H,25,29). The van der Waals surface area contributed by atoms with Crippen LogP contribution in [0.4, 0.5) is 0 Å². The molecule has 0 atom stereocenters. The van der Waals surface area contributed by atoms with Gasteiger partial charge in [-0.2, -0.15) is 0 Å². The van der Waals surface area contributed by atoms with Crippen LogP contribution in [0.15, 0.2) is 42.8 Å². The number of benzene rings is 1. The Bertz CT molecular complexity index is 882. The van der Waals surface area contributed by atoms with Crippen molar-refractivity contribution in [2.24, 2.45) is 0 Å². The zero-order chi connectivity index (χ0) is 23.4. The van der Waals surface area contributed by atoms with E-state index in [0.29, 0.717) is 19.4 Å². The molecule has 0 aliphatic carbocycles. The summed E-state index contributed by atoms with van der Waals surface area (Å²) in [6.45, 7) is 8.14. The largest absolute Gasteiger partial charge is 0.465 e. The number of unbranched alkanes of at least 4 members (excludes halogenated alkanes) is 1. The van der Waals surface area contributed by atoms with Crippen LogP contribution in [-0.2, 0) is 33.7 Å². The summed E-state index contributed by atoms with van der Waals surface area (Å²) in [5.41, 5.74) is 1.47. The lowest BCUT2D eigenvalue weighted by molar-refractivity contribution is -0.154. The average molecular weight is 443 g/mol. The molecule has 1 N–H and O–H groups in total. The average Bonchev–Trinajstić information content (AvgIpc) is 3.16. The predicted molar refractivity (Wildman–Crippen MR) is 122 cm³/mol. The molecule has 2 aromatic rings. The van der Waals surface area contributed by atoms with Crippen LogP contribution in [0.2, 0.25) is 0 Å². The fourth-order valence-corrected chi connectivity index (χ4v) is 2.93. The third kappa shape index (κ3) is 10.2. The van der Waals surface area contributed by atoms with Crippen molar-refractivity contribution >= 4 is 11.9 Å². The molecule has 0 spiro atoms. The minimum Gasteiger partial charge on any atom is -0.465 e. The van der Waals surface area contributed by atoms with Crippen LogP contribution in [0.1, 0.15) is 58.2 Å². The van der Waals surface area contributed by atoms with Gasteiger partial charge in [0.2, 0.25) is 5.91 Å². The van der Waals surface area contributed by atoms with Crippen molar-refractivity contribution in [3.63, 3.8) is 0 Å². The number of aryl methyl sites for hydroxylation is 1. The molecule has 1 aromatic heterocycles. The molecule has 174 valence electrons. The van der Waals surface area contributed by atoms with Crippen molar-refractivity contribution in [3.8, 4) is 5.75 Å². The summed E-state index contributed by atoms with van der Waals surface area (Å²) in [6.07, 6.45) is 8.60. The van der Waals surface area contributed by atoms with Gasteiger partial charge in [0.25, 0.3) is 0 Å². The molecule has 0 radical (unpaired) electrons. The molecule has 0 bridgehead atoms. The normalized spacial score (nSPS) is 11.5. The first-order valence-electron chi connectivity index (χ1n) is 11.0. The van der Waals surface area contributed by atoms with Gasteiger partial charge in [0, 0.05) is 19.2 Å². The summed E-state index contributed by atoms with van der Waals surface area (Å²) in [5.74, 6) is 0.484. The number of rotatable bonds is 12. The van der Waals surface area contributed by atoms with Gasteiger partial charge in [-0.3, -0.25) is 9.59 Å². The Balaban J connectivity index is 1.63. The minimum absolute atomic E-state index is 0.112. The first-order valence-corrected chi connectivity index (χ1v) is 11.0. The third-order valence-electron chi connectivity index (χ3n) is 4.37. The Kier molecular flexibility index (Phi) is 9.91. The molecule has 0 saturated carbocycles. The van der Waals surface area contributed by atoms with Crippen molar-refractivity contribution in [1.82, 2.24) is 20.3 Å². The molecule has 8 heteroatoms. The number of carbonyl (C=O) groups is 2. The van der Waals surface area contributed by atoms with Crippen molar-refractivity contribution < 1.29 is 19.1 Å². The second-order valence-electron chi connectivity index (χ2n) is 8.53. The van der Waals surface area contributed by atoms with Gasteiger partial charge >= 0.3 is 5.97 Å². The van der Waals surface area contributed by atoms with Crippen LogP contribution in [-0.4, -0.2) is 39.0 Å². The molecule has 0 saturated heterocycles. The topological polar surface area (TPSA) is 95.3 Å². The van der Waals surface area contributed by atoms with Crippen LogP contribution >= 0.6 is 0 Å². The van der Waals surface area contributed by atoms with E-state index in [1.54, 1.807) is 12.5 Å². The van der Waals surface area contributed by atoms with Gasteiger partial charge in [0.15, 0.2) is 0 Å². The number of esters is 1. The first-order chi connectivity index (χ1) is 15.2. The Morgan fingerprint density at radius 1 is 1.12 bits per heavy atom. The van der Waals surface area contributed by atoms with E-state index in [0.717, 1.165) is 36.3 Å². The predicted octanol–water partition coefficient (Wildman–Crippen LogP) is 3.60. The van der Waals surface area contributed by atoms with Crippen LogP contribution in [0.3, 0.4) is 0 Å². The molecular formula is C24H34N4O4. The fourth-order valence-electron chi connectivity index (χ4n) is 2.93. The van der Waals surface area contributed by atoms with Crippen LogP contribution < -0.4 is 10.1 Å². The van der Waals surface area contributed by atoms with E-state index in [1.807, 2.05) is 58.0 Å². The van der Waals surface area contributed by atoms with Crippen molar-refractivity contribution in [3.05, 3.63) is 54.1 Å². The molecule has 0 aliphatic heterocycles. The maximum absolute atomic E-state index is 12.2. The van der Waals surface area contributed by atoms with E-state index in [1.165, 1.54) is 4.68 Å². The van der Waals surface area contributed by atoms with Gasteiger partial charge < -0.3 is 14.8 Å². The quantitative estimate of drug-likeness (QED) is 0.307. The molecular weight excluding hydrogens is 408 g/mol. The van der Waals surface area contributed by atoms with E-state index in [2.05, 4.69) is 15.6 Å². The molecule has 1 heterocycles. The monoisotopic (exact) mass is 442 g/mol. The number of carbonyl (C=O) groups excluding carboxylic acids is 2. The molecule has 0 aliphatic rings. The van der Waals surface area contributed by atoms with Crippen LogP contribution in [0.25, 0.3) is 0 Å². The van der Waals surface area contributed by atoms with Gasteiger partial charge in [-0.1, -0.05) is 23.4 Å². The number of amides is 1. The van der Waals surface area contributed by atoms with Crippen LogP contribution in [0.5, 0.6) is 5.75 Å². The van der Waals surface area contributed by atoms with E-state index in [-0.39, 0.29) is 18.4 Å². The SMILES string of the molecule is CC=COc1ccc(CCNC(=O)Cn2cc(CCCCC(=O)OC(C)(C)C)nn2)cc1. The summed E-state index contributed by atoms with van der Waals surface area (Å²) in [7, 11) is 0. The lowest BCUT2D eigenvalue weighted by Gasteiger charge is -2.19. The second kappa shape index (κ2) is 12.6. The van der Waals surface area contributed by atoms with E-state index in [9.17, 15) is 9.59 Å². The van der Waals surface area contributed by atoms with E-state index < -0.39 is 5.60 Å². The second-order valence-corrected chi connectivity index (χ2v) is 8.53. The van der Waals surface area contributed by atoms with Gasteiger partial charge in [0.1, 0.15) is 17.9 Å². The molecule has 0 fully saturated rings. The number of nitrogens with one attached hydrogen (secondary N) is 1. The van der Waals surface area contributed by atoms with Gasteiger partial charge in [-0.05, 0) is 71.1 Å². The Hall–Kier alpha value is -3.16. The summed E-state index contributed by atoms with van der Waals surface area (Å²) in [4.78, 5) is 23.9. The number of aromatic nitrogens is 3.